The van der Waals surface area contributed by atoms with E-state index in [1.54, 1.807) is 48.6 Å². The maximum absolute atomic E-state index is 13.0. The Balaban J connectivity index is 1.85. The van der Waals surface area contributed by atoms with Gasteiger partial charge in [0.05, 0.1) is 16.7 Å². The number of nitrogens with zero attached hydrogens (tertiary/aromatic N) is 1. The van der Waals surface area contributed by atoms with E-state index in [-0.39, 0.29) is 34.5 Å². The first-order valence-corrected chi connectivity index (χ1v) is 10.9. The maximum Gasteiger partial charge on any atom is 0.261 e. The molecule has 2 aromatic rings. The summed E-state index contributed by atoms with van der Waals surface area (Å²) in [5.41, 5.74) is 0.877. The van der Waals surface area contributed by atoms with Gasteiger partial charge in [-0.15, -0.1) is 0 Å². The Kier molecular flexibility index (Phi) is 6.50. The van der Waals surface area contributed by atoms with Crippen LogP contribution in [0.5, 0.6) is 0 Å². The van der Waals surface area contributed by atoms with Crippen LogP contribution in [0.2, 0.25) is 0 Å². The fraction of sp³-hybridized carbons (Fsp3) is 0.273. The zero-order valence-corrected chi connectivity index (χ0v) is 17.8. The molecule has 3 rings (SSSR count). The molecule has 1 atom stereocenters. The standard InChI is InChI=1S/C22H24N2O5S/c1-16(2)29-22(28-3)12-8-18(9-13-22)30(26,27)24-20-7-5-4-6-19(20)21(25)17-10-14-23-15-11-17/h4-12,14-16,24H,13H2,1-3H3. The van der Waals surface area contributed by atoms with E-state index in [9.17, 15) is 13.2 Å². The van der Waals surface area contributed by atoms with Crippen LogP contribution in [-0.2, 0) is 19.5 Å². The number of hydrogen-bond acceptors (Lipinski definition) is 6. The predicted octanol–water partition coefficient (Wildman–Crippen LogP) is 3.67. The topological polar surface area (TPSA) is 94.6 Å². The third-order valence-electron chi connectivity index (χ3n) is 4.54. The Morgan fingerprint density at radius 1 is 1.17 bits per heavy atom. The first kappa shape index (κ1) is 21.9. The number of para-hydroxylation sites is 1. The average molecular weight is 429 g/mol. The molecular formula is C22H24N2O5S. The van der Waals surface area contributed by atoms with Crippen molar-refractivity contribution in [1.82, 2.24) is 4.98 Å². The van der Waals surface area contributed by atoms with Gasteiger partial charge >= 0.3 is 0 Å². The van der Waals surface area contributed by atoms with Gasteiger partial charge < -0.3 is 9.47 Å². The number of methoxy groups -OCH3 is 1. The number of allylic oxidation sites excluding steroid dienone is 1. The van der Waals surface area contributed by atoms with Crippen molar-refractivity contribution in [3.8, 4) is 0 Å². The number of ether oxygens (including phenoxy) is 2. The van der Waals surface area contributed by atoms with Gasteiger partial charge in [-0.05, 0) is 50.3 Å². The summed E-state index contributed by atoms with van der Waals surface area (Å²) in [6, 6.07) is 9.65. The molecule has 1 heterocycles. The molecular weight excluding hydrogens is 404 g/mol. The SMILES string of the molecule is COC1(OC(C)C)C=CC(S(=O)(=O)Nc2ccccc2C(=O)c2ccncc2)=CC1. The Morgan fingerprint density at radius 2 is 1.87 bits per heavy atom. The third-order valence-corrected chi connectivity index (χ3v) is 5.95. The summed E-state index contributed by atoms with van der Waals surface area (Å²) < 4.78 is 39.7. The molecule has 0 amide bonds. The van der Waals surface area contributed by atoms with Crippen molar-refractivity contribution in [2.24, 2.45) is 0 Å². The highest BCUT2D eigenvalue weighted by molar-refractivity contribution is 7.96. The van der Waals surface area contributed by atoms with Gasteiger partial charge in [-0.3, -0.25) is 14.5 Å². The second-order valence-electron chi connectivity index (χ2n) is 7.04. The van der Waals surface area contributed by atoms with Crippen molar-refractivity contribution in [1.29, 1.82) is 0 Å². The Bertz CT molecular complexity index is 1080. The van der Waals surface area contributed by atoms with Crippen molar-refractivity contribution < 1.29 is 22.7 Å². The largest absolute Gasteiger partial charge is 0.349 e. The van der Waals surface area contributed by atoms with Crippen molar-refractivity contribution in [3.05, 3.63) is 83.1 Å². The van der Waals surface area contributed by atoms with E-state index in [1.165, 1.54) is 25.6 Å². The van der Waals surface area contributed by atoms with Crippen LogP contribution >= 0.6 is 0 Å². The van der Waals surface area contributed by atoms with Crippen molar-refractivity contribution >= 4 is 21.5 Å². The maximum atomic E-state index is 13.0. The number of aromatic nitrogens is 1. The van der Waals surface area contributed by atoms with Crippen LogP contribution in [0.25, 0.3) is 0 Å². The molecule has 158 valence electrons. The first-order valence-electron chi connectivity index (χ1n) is 9.45. The third kappa shape index (κ3) is 4.84. The average Bonchev–Trinajstić information content (AvgIpc) is 2.74. The van der Waals surface area contributed by atoms with Crippen LogP contribution in [0.4, 0.5) is 5.69 Å². The van der Waals surface area contributed by atoms with Crippen LogP contribution in [0.3, 0.4) is 0 Å². The molecule has 0 saturated carbocycles. The quantitative estimate of drug-likeness (QED) is 0.509. The zero-order valence-electron chi connectivity index (χ0n) is 17.0. The second-order valence-corrected chi connectivity index (χ2v) is 8.73. The molecule has 1 N–H and O–H groups in total. The normalized spacial score (nSPS) is 18.9. The number of carbonyl (C=O) groups is 1. The molecule has 0 radical (unpaired) electrons. The molecule has 1 aliphatic rings. The molecule has 0 fully saturated rings. The van der Waals surface area contributed by atoms with Crippen LogP contribution in [0.1, 0.15) is 36.2 Å². The van der Waals surface area contributed by atoms with Gasteiger partial charge in [0, 0.05) is 37.1 Å². The molecule has 1 aromatic carbocycles. The number of rotatable bonds is 8. The summed E-state index contributed by atoms with van der Waals surface area (Å²) in [6.07, 6.45) is 7.76. The summed E-state index contributed by atoms with van der Waals surface area (Å²) >= 11 is 0. The van der Waals surface area contributed by atoms with E-state index >= 15 is 0 Å². The van der Waals surface area contributed by atoms with Crippen molar-refractivity contribution in [2.45, 2.75) is 32.2 Å². The number of sulfonamides is 1. The summed E-state index contributed by atoms with van der Waals surface area (Å²) in [4.78, 5) is 16.8. The molecule has 0 aliphatic heterocycles. The van der Waals surface area contributed by atoms with Gasteiger partial charge in [-0.1, -0.05) is 18.2 Å². The van der Waals surface area contributed by atoms with Crippen LogP contribution in [0, 0.1) is 0 Å². The highest BCUT2D eigenvalue weighted by Crippen LogP contribution is 2.30. The van der Waals surface area contributed by atoms with E-state index < -0.39 is 15.8 Å². The van der Waals surface area contributed by atoms with E-state index in [0.29, 0.717) is 5.56 Å². The Hall–Kier alpha value is -2.81. The lowest BCUT2D eigenvalue weighted by Gasteiger charge is -2.32. The molecule has 0 bridgehead atoms. The smallest absolute Gasteiger partial charge is 0.261 e. The van der Waals surface area contributed by atoms with Crippen LogP contribution < -0.4 is 4.72 Å². The molecule has 30 heavy (non-hydrogen) atoms. The van der Waals surface area contributed by atoms with Gasteiger partial charge in [0.2, 0.25) is 0 Å². The summed E-state index contributed by atoms with van der Waals surface area (Å²) in [5, 5.41) is 0. The van der Waals surface area contributed by atoms with Gasteiger partial charge in [-0.25, -0.2) is 8.42 Å². The Labute approximate surface area is 176 Å². The molecule has 7 nitrogen and oxygen atoms in total. The van der Waals surface area contributed by atoms with Crippen LogP contribution in [-0.4, -0.2) is 38.2 Å². The number of pyridine rings is 1. The minimum Gasteiger partial charge on any atom is -0.349 e. The van der Waals surface area contributed by atoms with Gasteiger partial charge in [0.15, 0.2) is 11.6 Å². The summed E-state index contributed by atoms with van der Waals surface area (Å²) in [5.74, 6) is -1.30. The molecule has 1 aromatic heterocycles. The molecule has 8 heteroatoms. The predicted molar refractivity (Wildman–Crippen MR) is 114 cm³/mol. The zero-order chi connectivity index (χ0) is 21.8. The fourth-order valence-corrected chi connectivity index (χ4v) is 4.24. The minimum absolute atomic E-state index is 0.0775. The van der Waals surface area contributed by atoms with E-state index in [2.05, 4.69) is 9.71 Å². The van der Waals surface area contributed by atoms with Gasteiger partial charge in [-0.2, -0.15) is 0 Å². The number of nitrogens with one attached hydrogen (secondary N) is 1. The lowest BCUT2D eigenvalue weighted by molar-refractivity contribution is -0.205. The summed E-state index contributed by atoms with van der Waals surface area (Å²) in [6.45, 7) is 3.76. The second kappa shape index (κ2) is 8.91. The van der Waals surface area contributed by atoms with Crippen molar-refractivity contribution in [3.63, 3.8) is 0 Å². The van der Waals surface area contributed by atoms with E-state index in [1.807, 2.05) is 13.8 Å². The Morgan fingerprint density at radius 3 is 2.47 bits per heavy atom. The molecule has 1 aliphatic carbocycles. The monoisotopic (exact) mass is 428 g/mol. The highest BCUT2D eigenvalue weighted by Gasteiger charge is 2.32. The number of hydrogen-bond donors (Lipinski definition) is 1. The van der Waals surface area contributed by atoms with E-state index in [0.717, 1.165) is 0 Å². The lowest BCUT2D eigenvalue weighted by atomic mass is 10.0. The number of benzene rings is 1. The van der Waals surface area contributed by atoms with Crippen molar-refractivity contribution in [2.75, 3.05) is 11.8 Å². The van der Waals surface area contributed by atoms with Gasteiger partial charge in [0.25, 0.3) is 10.0 Å². The number of anilines is 1. The summed E-state index contributed by atoms with van der Waals surface area (Å²) in [7, 11) is -2.40. The highest BCUT2D eigenvalue weighted by atomic mass is 32.2. The number of carbonyl (C=O) groups excluding carboxylic acids is 1. The molecule has 0 spiro atoms. The van der Waals surface area contributed by atoms with Gasteiger partial charge in [0.1, 0.15) is 0 Å². The number of ketones is 1. The first-order chi connectivity index (χ1) is 14.3. The molecule has 0 saturated heterocycles. The molecule has 1 unspecified atom stereocenters. The fourth-order valence-electron chi connectivity index (χ4n) is 3.11. The van der Waals surface area contributed by atoms with E-state index in [4.69, 9.17) is 9.47 Å². The minimum atomic E-state index is -3.91. The lowest BCUT2D eigenvalue weighted by Crippen LogP contribution is -2.36. The van der Waals surface area contributed by atoms with Crippen LogP contribution in [0.15, 0.2) is 71.9 Å².